The molecule has 0 saturated carbocycles. The minimum absolute atomic E-state index is 0.511. The zero-order valence-corrected chi connectivity index (χ0v) is 12.6. The van der Waals surface area contributed by atoms with Crippen LogP contribution in [0, 0.1) is 0 Å². The molecule has 0 aromatic carbocycles. The molecule has 0 fully saturated rings. The van der Waals surface area contributed by atoms with Gasteiger partial charge in [-0.1, -0.05) is 28.4 Å². The van der Waals surface area contributed by atoms with Crippen molar-refractivity contribution in [3.05, 3.63) is 28.5 Å². The molecule has 6 nitrogen and oxygen atoms in total. The van der Waals surface area contributed by atoms with Crippen LogP contribution in [0.15, 0.2) is 18.5 Å². The molecule has 0 spiro atoms. The third kappa shape index (κ3) is 3.98. The molecule has 2 rings (SSSR count). The Morgan fingerprint density at radius 1 is 1.20 bits per heavy atom. The molecule has 0 saturated heterocycles. The molecular weight excluding hydrogens is 299 g/mol. The van der Waals surface area contributed by atoms with Gasteiger partial charge in [0.15, 0.2) is 0 Å². The number of nitrogens with zero attached hydrogens (tertiary/aromatic N) is 4. The van der Waals surface area contributed by atoms with E-state index in [2.05, 4.69) is 25.9 Å². The summed E-state index contributed by atoms with van der Waals surface area (Å²) < 4.78 is 1.78. The van der Waals surface area contributed by atoms with Crippen molar-refractivity contribution in [2.45, 2.75) is 19.9 Å². The molecule has 0 bridgehead atoms. The van der Waals surface area contributed by atoms with Gasteiger partial charge in [-0.3, -0.25) is 4.68 Å². The molecule has 2 N–H and O–H groups in total. The van der Waals surface area contributed by atoms with Gasteiger partial charge >= 0.3 is 0 Å². The van der Waals surface area contributed by atoms with Crippen molar-refractivity contribution in [3.8, 4) is 0 Å². The average molecular weight is 315 g/mol. The van der Waals surface area contributed by atoms with Crippen molar-refractivity contribution in [2.24, 2.45) is 0 Å². The normalized spacial score (nSPS) is 10.6. The van der Waals surface area contributed by atoms with Crippen molar-refractivity contribution in [2.75, 3.05) is 23.7 Å². The highest BCUT2D eigenvalue weighted by Gasteiger charge is 2.08. The topological polar surface area (TPSA) is 67.7 Å². The van der Waals surface area contributed by atoms with Crippen LogP contribution in [0.25, 0.3) is 0 Å². The van der Waals surface area contributed by atoms with Crippen molar-refractivity contribution < 1.29 is 0 Å². The van der Waals surface area contributed by atoms with Gasteiger partial charge in [-0.25, -0.2) is 4.98 Å². The Morgan fingerprint density at radius 3 is 2.60 bits per heavy atom. The monoisotopic (exact) mass is 314 g/mol. The minimum atomic E-state index is 0.511. The summed E-state index contributed by atoms with van der Waals surface area (Å²) in [6.45, 7) is 4.26. The second-order valence-corrected chi connectivity index (χ2v) is 4.94. The van der Waals surface area contributed by atoms with Crippen LogP contribution in [0.5, 0.6) is 0 Å². The molecule has 0 amide bonds. The fourth-order valence-corrected chi connectivity index (χ4v) is 2.17. The van der Waals surface area contributed by atoms with Crippen molar-refractivity contribution in [1.82, 2.24) is 20.0 Å². The zero-order valence-electron chi connectivity index (χ0n) is 11.1. The first-order valence-corrected chi connectivity index (χ1v) is 7.14. The number of aromatic nitrogens is 4. The van der Waals surface area contributed by atoms with E-state index in [9.17, 15) is 0 Å². The fourth-order valence-electron chi connectivity index (χ4n) is 1.68. The second-order valence-electron chi connectivity index (χ2n) is 4.13. The summed E-state index contributed by atoms with van der Waals surface area (Å²) in [5, 5.41) is 15.0. The predicted molar refractivity (Wildman–Crippen MR) is 81.5 cm³/mol. The van der Waals surface area contributed by atoms with E-state index in [1.54, 1.807) is 16.9 Å². The van der Waals surface area contributed by atoms with E-state index in [-0.39, 0.29) is 0 Å². The van der Waals surface area contributed by atoms with Gasteiger partial charge in [0, 0.05) is 25.8 Å². The van der Waals surface area contributed by atoms with Crippen LogP contribution in [0.1, 0.15) is 13.3 Å². The quantitative estimate of drug-likeness (QED) is 0.769. The Bertz CT molecular complexity index is 543. The Hall–Kier alpha value is -1.53. The maximum Gasteiger partial charge on any atom is 0.147 e. The summed E-state index contributed by atoms with van der Waals surface area (Å²) in [4.78, 5) is 4.38. The third-order valence-electron chi connectivity index (χ3n) is 2.60. The molecule has 20 heavy (non-hydrogen) atoms. The molecular formula is C12H16Cl2N6. The number of halogens is 2. The third-order valence-corrected chi connectivity index (χ3v) is 3.18. The first-order chi connectivity index (χ1) is 9.70. The molecule has 0 aliphatic heterocycles. The zero-order chi connectivity index (χ0) is 14.4. The maximum absolute atomic E-state index is 6.12. The Morgan fingerprint density at radius 2 is 1.95 bits per heavy atom. The number of hydrogen-bond acceptors (Lipinski definition) is 5. The largest absolute Gasteiger partial charge is 0.369 e. The van der Waals surface area contributed by atoms with Crippen LogP contribution in [0.3, 0.4) is 0 Å². The lowest BCUT2D eigenvalue weighted by atomic mass is 10.4. The van der Waals surface area contributed by atoms with E-state index in [4.69, 9.17) is 23.2 Å². The van der Waals surface area contributed by atoms with Crippen molar-refractivity contribution in [1.29, 1.82) is 0 Å². The lowest BCUT2D eigenvalue weighted by Gasteiger charge is -2.11. The van der Waals surface area contributed by atoms with Crippen LogP contribution >= 0.6 is 23.2 Å². The number of hydrogen-bond donors (Lipinski definition) is 2. The minimum Gasteiger partial charge on any atom is -0.369 e. The first-order valence-electron chi connectivity index (χ1n) is 6.38. The number of aryl methyl sites for hydroxylation is 1. The van der Waals surface area contributed by atoms with Gasteiger partial charge in [-0.05, 0) is 19.4 Å². The molecule has 0 aliphatic rings. The number of rotatable bonds is 7. The molecule has 2 aromatic heterocycles. The average Bonchev–Trinajstić information content (AvgIpc) is 2.92. The number of anilines is 2. The van der Waals surface area contributed by atoms with E-state index in [0.717, 1.165) is 26.1 Å². The fraction of sp³-hybridized carbons (Fsp3) is 0.417. The van der Waals surface area contributed by atoms with Crippen LogP contribution in [0.2, 0.25) is 10.0 Å². The molecule has 2 aromatic rings. The summed E-state index contributed by atoms with van der Waals surface area (Å²) in [5.41, 5.74) is 0. The molecule has 2 heterocycles. The van der Waals surface area contributed by atoms with Crippen LogP contribution in [0.4, 0.5) is 11.6 Å². The van der Waals surface area contributed by atoms with Crippen molar-refractivity contribution >= 4 is 34.8 Å². The highest BCUT2D eigenvalue weighted by Crippen LogP contribution is 2.28. The SMILES string of the molecule is CCNc1nc(NCCCn2ccnn2)c(Cl)cc1Cl. The lowest BCUT2D eigenvalue weighted by Crippen LogP contribution is -2.10. The van der Waals surface area contributed by atoms with Gasteiger partial charge in [0.25, 0.3) is 0 Å². The Kier molecular flexibility index (Phi) is 5.43. The van der Waals surface area contributed by atoms with E-state index in [0.29, 0.717) is 21.7 Å². The summed E-state index contributed by atoms with van der Waals surface area (Å²) in [7, 11) is 0. The van der Waals surface area contributed by atoms with Gasteiger partial charge in [-0.15, -0.1) is 5.10 Å². The predicted octanol–water partition coefficient (Wildman–Crippen LogP) is 2.91. The first kappa shape index (κ1) is 14.9. The van der Waals surface area contributed by atoms with Gasteiger partial charge in [0.1, 0.15) is 11.6 Å². The highest BCUT2D eigenvalue weighted by molar-refractivity contribution is 6.37. The molecule has 0 unspecified atom stereocenters. The van der Waals surface area contributed by atoms with Crippen LogP contribution in [-0.4, -0.2) is 33.1 Å². The summed E-state index contributed by atoms with van der Waals surface area (Å²) in [6.07, 6.45) is 4.38. The van der Waals surface area contributed by atoms with Crippen LogP contribution in [-0.2, 0) is 6.54 Å². The van der Waals surface area contributed by atoms with Gasteiger partial charge < -0.3 is 10.6 Å². The molecule has 0 radical (unpaired) electrons. The molecule has 108 valence electrons. The lowest BCUT2D eigenvalue weighted by molar-refractivity contribution is 0.569. The number of nitrogens with one attached hydrogen (secondary N) is 2. The van der Waals surface area contributed by atoms with Gasteiger partial charge in [0.05, 0.1) is 16.2 Å². The Balaban J connectivity index is 1.89. The molecule has 8 heteroatoms. The Labute approximate surface area is 127 Å². The van der Waals surface area contributed by atoms with Gasteiger partial charge in [0.2, 0.25) is 0 Å². The van der Waals surface area contributed by atoms with Crippen molar-refractivity contribution in [3.63, 3.8) is 0 Å². The van der Waals surface area contributed by atoms with E-state index >= 15 is 0 Å². The number of pyridine rings is 1. The van der Waals surface area contributed by atoms with E-state index in [1.165, 1.54) is 0 Å². The smallest absolute Gasteiger partial charge is 0.147 e. The summed E-state index contributed by atoms with van der Waals surface area (Å²) >= 11 is 12.2. The van der Waals surface area contributed by atoms with Gasteiger partial charge in [-0.2, -0.15) is 0 Å². The molecule has 0 aliphatic carbocycles. The van der Waals surface area contributed by atoms with E-state index in [1.807, 2.05) is 13.1 Å². The van der Waals surface area contributed by atoms with Crippen LogP contribution < -0.4 is 10.6 Å². The highest BCUT2D eigenvalue weighted by atomic mass is 35.5. The second kappa shape index (κ2) is 7.31. The summed E-state index contributed by atoms with van der Waals surface area (Å²) in [5.74, 6) is 1.27. The molecule has 0 atom stereocenters. The standard InChI is InChI=1S/C12H16Cl2N6/c1-2-15-11-9(13)8-10(14)12(18-11)16-4-3-6-20-7-5-17-19-20/h5,7-8H,2-4,6H2,1H3,(H2,15,16,18). The maximum atomic E-state index is 6.12. The summed E-state index contributed by atoms with van der Waals surface area (Å²) in [6, 6.07) is 1.69. The van der Waals surface area contributed by atoms with E-state index < -0.39 is 0 Å².